The van der Waals surface area contributed by atoms with Crippen LogP contribution < -0.4 is 5.73 Å². The second kappa shape index (κ2) is 6.41. The highest BCUT2D eigenvalue weighted by Crippen LogP contribution is 2.43. The molecule has 2 aromatic rings. The third-order valence-electron chi connectivity index (χ3n) is 5.28. The highest BCUT2D eigenvalue weighted by Gasteiger charge is 2.29. The third kappa shape index (κ3) is 2.96. The predicted octanol–water partition coefficient (Wildman–Crippen LogP) is 3.24. The van der Waals surface area contributed by atoms with Gasteiger partial charge < -0.3 is 15.9 Å². The lowest BCUT2D eigenvalue weighted by molar-refractivity contribution is 0.190. The van der Waals surface area contributed by atoms with Crippen molar-refractivity contribution in [3.63, 3.8) is 0 Å². The number of allylic oxidation sites excluding steroid dienone is 1. The van der Waals surface area contributed by atoms with Crippen molar-refractivity contribution in [3.8, 4) is 11.5 Å². The molecule has 0 bridgehead atoms. The predicted molar refractivity (Wildman–Crippen MR) is 98.3 cm³/mol. The zero-order valence-corrected chi connectivity index (χ0v) is 14.2. The Morgan fingerprint density at radius 2 is 1.84 bits per heavy atom. The maximum Gasteiger partial charge on any atom is 0.161 e. The van der Waals surface area contributed by atoms with Gasteiger partial charge in [0.25, 0.3) is 0 Å². The lowest BCUT2D eigenvalue weighted by Gasteiger charge is -2.37. The number of piperidine rings is 1. The number of anilines is 1. The van der Waals surface area contributed by atoms with Crippen LogP contribution in [0.4, 0.5) is 5.82 Å². The number of nitrogen functional groups attached to an aromatic ring is 1. The molecule has 1 aliphatic carbocycles. The van der Waals surface area contributed by atoms with Gasteiger partial charge in [-0.3, -0.25) is 4.90 Å². The summed E-state index contributed by atoms with van der Waals surface area (Å²) < 4.78 is 0. The summed E-state index contributed by atoms with van der Waals surface area (Å²) in [7, 11) is 0. The molecular weight excluding hydrogens is 314 g/mol. The molecule has 5 heteroatoms. The first-order chi connectivity index (χ1) is 12.1. The SMILES string of the molecule is Nc1ccc(C2=CC(N3CCCCC3)c3ccc(O)c(O)c3C2)cn1. The molecule has 5 nitrogen and oxygen atoms in total. The zero-order valence-electron chi connectivity index (χ0n) is 14.2. The number of likely N-dealkylation sites (tertiary alicyclic amines) is 1. The van der Waals surface area contributed by atoms with Crippen LogP contribution in [0.3, 0.4) is 0 Å². The van der Waals surface area contributed by atoms with Crippen LogP contribution in [0.5, 0.6) is 11.5 Å². The van der Waals surface area contributed by atoms with Gasteiger partial charge in [-0.25, -0.2) is 4.98 Å². The summed E-state index contributed by atoms with van der Waals surface area (Å²) >= 11 is 0. The van der Waals surface area contributed by atoms with Crippen molar-refractivity contribution >= 4 is 11.4 Å². The first-order valence-electron chi connectivity index (χ1n) is 8.84. The highest BCUT2D eigenvalue weighted by molar-refractivity contribution is 5.73. The number of phenols is 2. The minimum absolute atomic E-state index is 0.00601. The summed E-state index contributed by atoms with van der Waals surface area (Å²) in [5.74, 6) is 0.426. The number of hydrogen-bond donors (Lipinski definition) is 3. The zero-order chi connectivity index (χ0) is 17.4. The number of rotatable bonds is 2. The Kier molecular flexibility index (Phi) is 4.09. The van der Waals surface area contributed by atoms with Crippen LogP contribution in [-0.4, -0.2) is 33.2 Å². The summed E-state index contributed by atoms with van der Waals surface area (Å²) in [5.41, 5.74) is 9.72. The summed E-state index contributed by atoms with van der Waals surface area (Å²) in [4.78, 5) is 6.66. The first-order valence-corrected chi connectivity index (χ1v) is 8.84. The average Bonchev–Trinajstić information content (AvgIpc) is 2.65. The van der Waals surface area contributed by atoms with Crippen LogP contribution in [0.1, 0.15) is 42.0 Å². The van der Waals surface area contributed by atoms with Crippen molar-refractivity contribution < 1.29 is 10.2 Å². The van der Waals surface area contributed by atoms with Gasteiger partial charge in [0.15, 0.2) is 11.5 Å². The lowest BCUT2D eigenvalue weighted by atomic mass is 9.83. The Morgan fingerprint density at radius 3 is 2.56 bits per heavy atom. The monoisotopic (exact) mass is 337 g/mol. The topological polar surface area (TPSA) is 82.6 Å². The van der Waals surface area contributed by atoms with Gasteiger partial charge in [-0.15, -0.1) is 0 Å². The molecule has 1 atom stereocenters. The van der Waals surface area contributed by atoms with Gasteiger partial charge in [0.1, 0.15) is 5.82 Å². The van der Waals surface area contributed by atoms with E-state index in [0.29, 0.717) is 12.2 Å². The molecule has 1 aliphatic heterocycles. The van der Waals surface area contributed by atoms with Crippen molar-refractivity contribution in [2.24, 2.45) is 0 Å². The number of nitrogens with zero attached hydrogens (tertiary/aromatic N) is 2. The Hall–Kier alpha value is -2.53. The Balaban J connectivity index is 1.79. The summed E-state index contributed by atoms with van der Waals surface area (Å²) in [6.45, 7) is 2.10. The maximum absolute atomic E-state index is 10.4. The van der Waals surface area contributed by atoms with Crippen LogP contribution in [0, 0.1) is 0 Å². The minimum atomic E-state index is -0.0622. The van der Waals surface area contributed by atoms with Gasteiger partial charge in [0.05, 0.1) is 6.04 Å². The number of aromatic hydroxyl groups is 2. The smallest absolute Gasteiger partial charge is 0.161 e. The molecule has 25 heavy (non-hydrogen) atoms. The second-order valence-electron chi connectivity index (χ2n) is 6.88. The molecule has 4 rings (SSSR count). The number of hydrogen-bond acceptors (Lipinski definition) is 5. The molecule has 1 aromatic carbocycles. The average molecular weight is 337 g/mol. The van der Waals surface area contributed by atoms with E-state index in [1.807, 2.05) is 12.1 Å². The number of benzene rings is 1. The van der Waals surface area contributed by atoms with Crippen molar-refractivity contribution in [1.82, 2.24) is 9.88 Å². The molecule has 130 valence electrons. The standard InChI is InChI=1S/C20H23N3O2/c21-19-7-4-13(12-22-19)14-10-16-15(5-6-18(24)20(16)25)17(11-14)23-8-2-1-3-9-23/h4-7,11-12,17,24-25H,1-3,8-10H2,(H2,21,22). The van der Waals surface area contributed by atoms with Crippen molar-refractivity contribution in [1.29, 1.82) is 0 Å². The van der Waals surface area contributed by atoms with E-state index in [1.54, 1.807) is 18.3 Å². The molecular formula is C20H23N3O2. The number of fused-ring (bicyclic) bond motifs is 1. The van der Waals surface area contributed by atoms with Crippen LogP contribution in [-0.2, 0) is 6.42 Å². The number of phenolic OH excluding ortho intramolecular Hbond substituents is 2. The molecule has 0 amide bonds. The van der Waals surface area contributed by atoms with Crippen LogP contribution >= 0.6 is 0 Å². The molecule has 1 unspecified atom stereocenters. The molecule has 2 heterocycles. The molecule has 1 fully saturated rings. The quantitative estimate of drug-likeness (QED) is 0.733. The molecule has 0 radical (unpaired) electrons. The minimum Gasteiger partial charge on any atom is -0.504 e. The molecule has 1 saturated heterocycles. The van der Waals surface area contributed by atoms with Crippen molar-refractivity contribution in [3.05, 3.63) is 53.2 Å². The largest absolute Gasteiger partial charge is 0.504 e. The highest BCUT2D eigenvalue weighted by atomic mass is 16.3. The van der Waals surface area contributed by atoms with E-state index in [1.165, 1.54) is 19.3 Å². The molecule has 0 spiro atoms. The Labute approximate surface area is 147 Å². The van der Waals surface area contributed by atoms with Gasteiger partial charge >= 0.3 is 0 Å². The number of aromatic nitrogens is 1. The van der Waals surface area contributed by atoms with Gasteiger partial charge in [-0.1, -0.05) is 18.6 Å². The summed E-state index contributed by atoms with van der Waals surface area (Å²) in [6, 6.07) is 7.41. The maximum atomic E-state index is 10.4. The molecule has 0 saturated carbocycles. The van der Waals surface area contributed by atoms with Gasteiger partial charge in [0, 0.05) is 18.2 Å². The Bertz CT molecular complexity index is 808. The van der Waals surface area contributed by atoms with Gasteiger partial charge in [0.2, 0.25) is 0 Å². The van der Waals surface area contributed by atoms with E-state index in [4.69, 9.17) is 5.73 Å². The first kappa shape index (κ1) is 16.0. The fourth-order valence-corrected chi connectivity index (χ4v) is 3.92. The summed E-state index contributed by atoms with van der Waals surface area (Å²) in [5, 5.41) is 20.4. The normalized spacial score (nSPS) is 20.8. The molecule has 2 aliphatic rings. The van der Waals surface area contributed by atoms with Crippen molar-refractivity contribution in [2.45, 2.75) is 31.7 Å². The Morgan fingerprint density at radius 1 is 1.04 bits per heavy atom. The second-order valence-corrected chi connectivity index (χ2v) is 6.88. The van der Waals surface area contributed by atoms with Gasteiger partial charge in [-0.2, -0.15) is 0 Å². The fourth-order valence-electron chi connectivity index (χ4n) is 3.92. The fraction of sp³-hybridized carbons (Fsp3) is 0.350. The van der Waals surface area contributed by atoms with E-state index >= 15 is 0 Å². The van der Waals surface area contributed by atoms with Crippen LogP contribution in [0.15, 0.2) is 36.5 Å². The van der Waals surface area contributed by atoms with E-state index < -0.39 is 0 Å². The van der Waals surface area contributed by atoms with Gasteiger partial charge in [-0.05, 0) is 60.8 Å². The lowest BCUT2D eigenvalue weighted by Crippen LogP contribution is -2.34. The third-order valence-corrected chi connectivity index (χ3v) is 5.28. The summed E-state index contributed by atoms with van der Waals surface area (Å²) in [6.07, 6.45) is 8.29. The van der Waals surface area contributed by atoms with E-state index in [2.05, 4.69) is 16.0 Å². The van der Waals surface area contributed by atoms with Crippen LogP contribution in [0.25, 0.3) is 5.57 Å². The number of pyridine rings is 1. The van der Waals surface area contributed by atoms with Crippen molar-refractivity contribution in [2.75, 3.05) is 18.8 Å². The number of nitrogens with two attached hydrogens (primary N) is 1. The molecule has 4 N–H and O–H groups in total. The molecule has 1 aromatic heterocycles. The van der Waals surface area contributed by atoms with E-state index in [0.717, 1.165) is 35.4 Å². The van der Waals surface area contributed by atoms with E-state index in [9.17, 15) is 10.2 Å². The van der Waals surface area contributed by atoms with E-state index in [-0.39, 0.29) is 17.5 Å². The van der Waals surface area contributed by atoms with Crippen LogP contribution in [0.2, 0.25) is 0 Å².